The van der Waals surface area contributed by atoms with Crippen LogP contribution in [0.3, 0.4) is 0 Å². The van der Waals surface area contributed by atoms with Gasteiger partial charge in [0, 0.05) is 37.3 Å². The first kappa shape index (κ1) is 17.2. The number of anilines is 1. The average molecular weight is 342 g/mol. The van der Waals surface area contributed by atoms with E-state index in [1.54, 1.807) is 4.90 Å². The number of rotatable bonds is 4. The Balaban J connectivity index is 2.02. The van der Waals surface area contributed by atoms with E-state index in [0.29, 0.717) is 18.7 Å². The predicted octanol–water partition coefficient (Wildman–Crippen LogP) is 2.22. The van der Waals surface area contributed by atoms with E-state index in [0.717, 1.165) is 16.5 Å². The lowest BCUT2D eigenvalue weighted by Gasteiger charge is -2.35. The molecule has 1 N–H and O–H groups in total. The van der Waals surface area contributed by atoms with E-state index in [1.165, 1.54) is 0 Å². The van der Waals surface area contributed by atoms with Gasteiger partial charge in [-0.25, -0.2) is 0 Å². The van der Waals surface area contributed by atoms with Crippen LogP contribution < -0.4 is 4.90 Å². The van der Waals surface area contributed by atoms with E-state index in [4.69, 9.17) is 9.84 Å². The Kier molecular flexibility index (Phi) is 4.90. The number of fused-ring (bicyclic) bond motifs is 1. The Labute approximate surface area is 146 Å². The fourth-order valence-corrected chi connectivity index (χ4v) is 3.31. The molecule has 0 spiro atoms. The van der Waals surface area contributed by atoms with E-state index >= 15 is 0 Å². The largest absolute Gasteiger partial charge is 0.481 e. The minimum Gasteiger partial charge on any atom is -0.481 e. The molecule has 6 heteroatoms. The molecule has 2 aromatic carbocycles. The third-order valence-electron chi connectivity index (χ3n) is 4.51. The summed E-state index contributed by atoms with van der Waals surface area (Å²) in [6.45, 7) is 1.09. The number of carboxylic acid groups (broad SMARTS) is 1. The summed E-state index contributed by atoms with van der Waals surface area (Å²) in [5.74, 6) is -1.07. The third-order valence-corrected chi connectivity index (χ3v) is 4.51. The first-order chi connectivity index (χ1) is 12.0. The molecule has 1 saturated heterocycles. The second-order valence-electron chi connectivity index (χ2n) is 6.40. The van der Waals surface area contributed by atoms with Gasteiger partial charge in [-0.15, -0.1) is 0 Å². The van der Waals surface area contributed by atoms with Gasteiger partial charge in [-0.05, 0) is 17.5 Å². The van der Waals surface area contributed by atoms with Gasteiger partial charge in [0.05, 0.1) is 25.7 Å². The van der Waals surface area contributed by atoms with Crippen molar-refractivity contribution in [2.24, 2.45) is 0 Å². The average Bonchev–Trinajstić information content (AvgIpc) is 2.60. The highest BCUT2D eigenvalue weighted by Gasteiger charge is 2.30. The SMILES string of the molecule is CN(C)c1ccc(C(=O)N2CCOCC2CC(=O)O)c2ccccc12. The van der Waals surface area contributed by atoms with Gasteiger partial charge in [0.25, 0.3) is 5.91 Å². The van der Waals surface area contributed by atoms with Gasteiger partial charge in [-0.3, -0.25) is 9.59 Å². The van der Waals surface area contributed by atoms with Gasteiger partial charge in [0.15, 0.2) is 0 Å². The zero-order chi connectivity index (χ0) is 18.0. The van der Waals surface area contributed by atoms with Crippen molar-refractivity contribution in [1.82, 2.24) is 4.90 Å². The van der Waals surface area contributed by atoms with Crippen LogP contribution in [-0.4, -0.2) is 61.8 Å². The Morgan fingerprint density at radius 1 is 1.20 bits per heavy atom. The zero-order valence-corrected chi connectivity index (χ0v) is 14.4. The van der Waals surface area contributed by atoms with Crippen molar-refractivity contribution in [2.75, 3.05) is 38.8 Å². The number of morpholine rings is 1. The van der Waals surface area contributed by atoms with Crippen LogP contribution in [-0.2, 0) is 9.53 Å². The summed E-state index contributed by atoms with van der Waals surface area (Å²) in [5, 5.41) is 11.0. The van der Waals surface area contributed by atoms with Gasteiger partial charge in [-0.2, -0.15) is 0 Å². The van der Waals surface area contributed by atoms with E-state index in [1.807, 2.05) is 55.4 Å². The van der Waals surface area contributed by atoms with Gasteiger partial charge in [0.2, 0.25) is 0 Å². The highest BCUT2D eigenvalue weighted by atomic mass is 16.5. The lowest BCUT2D eigenvalue weighted by atomic mass is 10.00. The smallest absolute Gasteiger partial charge is 0.305 e. The monoisotopic (exact) mass is 342 g/mol. The molecule has 0 saturated carbocycles. The fraction of sp³-hybridized carbons (Fsp3) is 0.368. The molecule has 0 aromatic heterocycles. The predicted molar refractivity (Wildman–Crippen MR) is 96.2 cm³/mol. The number of ether oxygens (including phenoxy) is 1. The lowest BCUT2D eigenvalue weighted by molar-refractivity contribution is -0.139. The first-order valence-electron chi connectivity index (χ1n) is 8.28. The Morgan fingerprint density at radius 2 is 1.92 bits per heavy atom. The minimum absolute atomic E-state index is 0.112. The number of aliphatic carboxylic acids is 1. The van der Waals surface area contributed by atoms with Crippen LogP contribution in [0.5, 0.6) is 0 Å². The third kappa shape index (κ3) is 3.44. The second-order valence-corrected chi connectivity index (χ2v) is 6.40. The summed E-state index contributed by atoms with van der Waals surface area (Å²) < 4.78 is 5.37. The number of carboxylic acids is 1. The number of carbonyl (C=O) groups excluding carboxylic acids is 1. The van der Waals surface area contributed by atoms with Crippen LogP contribution >= 0.6 is 0 Å². The lowest BCUT2D eigenvalue weighted by Crippen LogP contribution is -2.49. The molecule has 1 unspecified atom stereocenters. The highest BCUT2D eigenvalue weighted by Crippen LogP contribution is 2.30. The zero-order valence-electron chi connectivity index (χ0n) is 14.4. The molecule has 132 valence electrons. The van der Waals surface area contributed by atoms with Crippen LogP contribution in [0.25, 0.3) is 10.8 Å². The van der Waals surface area contributed by atoms with Gasteiger partial charge in [-0.1, -0.05) is 24.3 Å². The van der Waals surface area contributed by atoms with E-state index in [9.17, 15) is 9.59 Å². The molecule has 1 amide bonds. The molecule has 1 aliphatic heterocycles. The van der Waals surface area contributed by atoms with Crippen molar-refractivity contribution >= 4 is 28.3 Å². The van der Waals surface area contributed by atoms with Crippen molar-refractivity contribution in [3.63, 3.8) is 0 Å². The van der Waals surface area contributed by atoms with Crippen molar-refractivity contribution in [3.8, 4) is 0 Å². The maximum absolute atomic E-state index is 13.2. The second kappa shape index (κ2) is 7.11. The van der Waals surface area contributed by atoms with Gasteiger partial charge < -0.3 is 19.6 Å². The number of amides is 1. The van der Waals surface area contributed by atoms with Crippen LogP contribution in [0.4, 0.5) is 5.69 Å². The van der Waals surface area contributed by atoms with Crippen LogP contribution in [0, 0.1) is 0 Å². The molecule has 0 bridgehead atoms. The van der Waals surface area contributed by atoms with Crippen LogP contribution in [0.2, 0.25) is 0 Å². The summed E-state index contributed by atoms with van der Waals surface area (Å²) in [4.78, 5) is 27.9. The number of hydrogen-bond acceptors (Lipinski definition) is 4. The van der Waals surface area contributed by atoms with Crippen molar-refractivity contribution in [2.45, 2.75) is 12.5 Å². The standard InChI is InChI=1S/C19H22N2O4/c1-20(2)17-8-7-16(14-5-3-4-6-15(14)17)19(24)21-9-10-25-12-13(21)11-18(22)23/h3-8,13H,9-12H2,1-2H3,(H,22,23). The summed E-state index contributed by atoms with van der Waals surface area (Å²) in [5.41, 5.74) is 1.63. The molecular formula is C19H22N2O4. The summed E-state index contributed by atoms with van der Waals surface area (Å²) >= 11 is 0. The topological polar surface area (TPSA) is 70.1 Å². The van der Waals surface area contributed by atoms with Crippen molar-refractivity contribution in [3.05, 3.63) is 42.0 Å². The normalized spacial score (nSPS) is 17.5. The Morgan fingerprint density at radius 3 is 2.60 bits per heavy atom. The minimum atomic E-state index is -0.930. The molecule has 6 nitrogen and oxygen atoms in total. The number of nitrogens with zero attached hydrogens (tertiary/aromatic N) is 2. The number of carbonyl (C=O) groups is 2. The van der Waals surface area contributed by atoms with Crippen LogP contribution in [0.1, 0.15) is 16.8 Å². The maximum atomic E-state index is 13.2. The highest BCUT2D eigenvalue weighted by molar-refractivity contribution is 6.10. The van der Waals surface area contributed by atoms with E-state index in [-0.39, 0.29) is 18.9 Å². The van der Waals surface area contributed by atoms with Gasteiger partial charge in [0.1, 0.15) is 0 Å². The quantitative estimate of drug-likeness (QED) is 0.923. The molecule has 0 aliphatic carbocycles. The molecule has 1 aliphatic rings. The van der Waals surface area contributed by atoms with Gasteiger partial charge >= 0.3 is 5.97 Å². The summed E-state index contributed by atoms with van der Waals surface area (Å²) in [6.07, 6.45) is -0.112. The van der Waals surface area contributed by atoms with E-state index in [2.05, 4.69) is 0 Å². The molecule has 25 heavy (non-hydrogen) atoms. The molecular weight excluding hydrogens is 320 g/mol. The molecule has 1 fully saturated rings. The Bertz CT molecular complexity index is 803. The van der Waals surface area contributed by atoms with Crippen molar-refractivity contribution in [1.29, 1.82) is 0 Å². The first-order valence-corrected chi connectivity index (χ1v) is 8.28. The molecule has 3 rings (SSSR count). The van der Waals surface area contributed by atoms with Crippen molar-refractivity contribution < 1.29 is 19.4 Å². The molecule has 1 heterocycles. The summed E-state index contributed by atoms with van der Waals surface area (Å²) in [7, 11) is 3.93. The van der Waals surface area contributed by atoms with E-state index < -0.39 is 12.0 Å². The Hall–Kier alpha value is -2.60. The summed E-state index contributed by atoms with van der Waals surface area (Å²) in [6, 6.07) is 11.1. The maximum Gasteiger partial charge on any atom is 0.305 e. The van der Waals surface area contributed by atoms with Crippen LogP contribution in [0.15, 0.2) is 36.4 Å². The number of hydrogen-bond donors (Lipinski definition) is 1. The fourth-order valence-electron chi connectivity index (χ4n) is 3.31. The number of benzene rings is 2. The molecule has 1 atom stereocenters. The molecule has 2 aromatic rings. The molecule has 0 radical (unpaired) electrons.